The number of carbonyl (C=O) groups excluding carboxylic acids is 1. The van der Waals surface area contributed by atoms with Crippen LogP contribution < -0.4 is 5.32 Å². The molecule has 5 heteroatoms. The summed E-state index contributed by atoms with van der Waals surface area (Å²) in [6, 6.07) is 1.88. The van der Waals surface area contributed by atoms with Gasteiger partial charge in [-0.2, -0.15) is 0 Å². The molecule has 0 aliphatic heterocycles. The van der Waals surface area contributed by atoms with Gasteiger partial charge in [0.05, 0.1) is 5.56 Å². The molecular formula is C15H23NO3S. The minimum atomic E-state index is -0.813. The maximum Gasteiger partial charge on any atom is 0.303 e. The van der Waals surface area contributed by atoms with Gasteiger partial charge in [-0.25, -0.2) is 0 Å². The molecule has 0 saturated heterocycles. The van der Waals surface area contributed by atoms with Crippen molar-refractivity contribution in [2.45, 2.75) is 40.5 Å². The molecule has 0 spiro atoms. The Hall–Kier alpha value is -1.36. The molecular weight excluding hydrogens is 274 g/mol. The van der Waals surface area contributed by atoms with E-state index >= 15 is 0 Å². The number of aryl methyl sites for hydroxylation is 2. The number of nitrogens with one attached hydrogen (secondary N) is 1. The van der Waals surface area contributed by atoms with E-state index in [9.17, 15) is 9.59 Å². The minimum Gasteiger partial charge on any atom is -0.481 e. The smallest absolute Gasteiger partial charge is 0.303 e. The highest BCUT2D eigenvalue weighted by Gasteiger charge is 2.18. The average molecular weight is 297 g/mol. The lowest BCUT2D eigenvalue weighted by atomic mass is 9.94. The molecule has 0 aromatic carbocycles. The molecule has 1 aromatic rings. The molecule has 0 fully saturated rings. The Morgan fingerprint density at radius 3 is 2.45 bits per heavy atom. The van der Waals surface area contributed by atoms with Crippen molar-refractivity contribution in [1.29, 1.82) is 0 Å². The molecule has 1 atom stereocenters. The van der Waals surface area contributed by atoms with Crippen LogP contribution in [0.3, 0.4) is 0 Å². The van der Waals surface area contributed by atoms with Gasteiger partial charge in [0, 0.05) is 22.7 Å². The number of rotatable bonds is 7. The van der Waals surface area contributed by atoms with E-state index in [1.165, 1.54) is 0 Å². The van der Waals surface area contributed by atoms with Crippen LogP contribution in [-0.4, -0.2) is 23.5 Å². The monoisotopic (exact) mass is 297 g/mol. The molecule has 0 saturated carbocycles. The van der Waals surface area contributed by atoms with E-state index < -0.39 is 5.97 Å². The van der Waals surface area contributed by atoms with Gasteiger partial charge in [-0.1, -0.05) is 13.8 Å². The number of amides is 1. The Morgan fingerprint density at radius 1 is 1.35 bits per heavy atom. The largest absolute Gasteiger partial charge is 0.481 e. The fourth-order valence-electron chi connectivity index (χ4n) is 2.34. The molecule has 0 radical (unpaired) electrons. The molecule has 1 amide bonds. The first-order valence-corrected chi connectivity index (χ1v) is 7.68. The molecule has 1 heterocycles. The van der Waals surface area contributed by atoms with Crippen LogP contribution in [-0.2, 0) is 4.79 Å². The zero-order chi connectivity index (χ0) is 15.3. The Labute approximate surface area is 124 Å². The third kappa shape index (κ3) is 5.33. The summed E-state index contributed by atoms with van der Waals surface area (Å²) < 4.78 is 0. The second-order valence-corrected chi connectivity index (χ2v) is 7.09. The van der Waals surface area contributed by atoms with Crippen LogP contribution in [0.5, 0.6) is 0 Å². The zero-order valence-corrected chi connectivity index (χ0v) is 13.3. The number of aliphatic carboxylic acids is 1. The summed E-state index contributed by atoms with van der Waals surface area (Å²) in [6.45, 7) is 8.43. The number of carbonyl (C=O) groups is 2. The van der Waals surface area contributed by atoms with Gasteiger partial charge in [0.25, 0.3) is 5.91 Å². The van der Waals surface area contributed by atoms with Crippen LogP contribution in [0.1, 0.15) is 46.8 Å². The summed E-state index contributed by atoms with van der Waals surface area (Å²) in [4.78, 5) is 25.1. The number of hydrogen-bond donors (Lipinski definition) is 2. The number of hydrogen-bond acceptors (Lipinski definition) is 3. The summed E-state index contributed by atoms with van der Waals surface area (Å²) >= 11 is 1.60. The van der Waals surface area contributed by atoms with Crippen LogP contribution >= 0.6 is 11.3 Å². The van der Waals surface area contributed by atoms with Crippen molar-refractivity contribution in [3.8, 4) is 0 Å². The summed E-state index contributed by atoms with van der Waals surface area (Å²) in [5.74, 6) is -0.517. The molecule has 1 aromatic heterocycles. The predicted molar refractivity (Wildman–Crippen MR) is 81.3 cm³/mol. The van der Waals surface area contributed by atoms with Crippen LogP contribution in [0.25, 0.3) is 0 Å². The zero-order valence-electron chi connectivity index (χ0n) is 12.5. The lowest BCUT2D eigenvalue weighted by Gasteiger charge is -2.17. The van der Waals surface area contributed by atoms with Crippen molar-refractivity contribution < 1.29 is 14.7 Å². The predicted octanol–water partition coefficient (Wildman–Crippen LogP) is 3.23. The van der Waals surface area contributed by atoms with Crippen molar-refractivity contribution in [3.63, 3.8) is 0 Å². The van der Waals surface area contributed by atoms with Gasteiger partial charge < -0.3 is 10.4 Å². The standard InChI is InChI=1S/C15H23NO3S/c1-9(2)5-12(7-14(17)18)8-16-15(19)13-6-10(3)20-11(13)4/h6,9,12H,5,7-8H2,1-4H3,(H,16,19)(H,17,18)/t12-/m0/s1. The van der Waals surface area contributed by atoms with E-state index in [0.717, 1.165) is 16.2 Å². The maximum absolute atomic E-state index is 12.1. The van der Waals surface area contributed by atoms with E-state index in [4.69, 9.17) is 5.11 Å². The van der Waals surface area contributed by atoms with Crippen LogP contribution in [0.4, 0.5) is 0 Å². The molecule has 0 aliphatic carbocycles. The van der Waals surface area contributed by atoms with E-state index in [-0.39, 0.29) is 18.2 Å². The van der Waals surface area contributed by atoms with Gasteiger partial charge in [0.1, 0.15) is 0 Å². The fraction of sp³-hybridized carbons (Fsp3) is 0.600. The van der Waals surface area contributed by atoms with Gasteiger partial charge in [0.2, 0.25) is 0 Å². The van der Waals surface area contributed by atoms with Crippen LogP contribution in [0, 0.1) is 25.7 Å². The Kier molecular flexibility index (Phi) is 6.20. The third-order valence-corrected chi connectivity index (χ3v) is 4.07. The second-order valence-electron chi connectivity index (χ2n) is 5.63. The quantitative estimate of drug-likeness (QED) is 0.812. The van der Waals surface area contributed by atoms with E-state index in [1.807, 2.05) is 19.9 Å². The second kappa shape index (κ2) is 7.43. The summed E-state index contributed by atoms with van der Waals surface area (Å²) in [5.41, 5.74) is 0.700. The van der Waals surface area contributed by atoms with Crippen LogP contribution in [0.15, 0.2) is 6.07 Å². The summed E-state index contributed by atoms with van der Waals surface area (Å²) in [7, 11) is 0. The van der Waals surface area contributed by atoms with Gasteiger partial charge in [-0.15, -0.1) is 11.3 Å². The summed E-state index contributed by atoms with van der Waals surface area (Å²) in [6.07, 6.45) is 0.897. The topological polar surface area (TPSA) is 66.4 Å². The molecule has 0 unspecified atom stereocenters. The SMILES string of the molecule is Cc1cc(C(=O)NC[C@H](CC(=O)O)CC(C)C)c(C)s1. The lowest BCUT2D eigenvalue weighted by molar-refractivity contribution is -0.138. The first-order chi connectivity index (χ1) is 9.29. The normalized spacial score (nSPS) is 12.4. The Morgan fingerprint density at radius 2 is 2.00 bits per heavy atom. The van der Waals surface area contributed by atoms with E-state index in [0.29, 0.717) is 18.0 Å². The minimum absolute atomic E-state index is 0.0171. The van der Waals surface area contributed by atoms with Crippen molar-refractivity contribution in [2.24, 2.45) is 11.8 Å². The van der Waals surface area contributed by atoms with Crippen molar-refractivity contribution in [2.75, 3.05) is 6.54 Å². The molecule has 2 N–H and O–H groups in total. The molecule has 20 heavy (non-hydrogen) atoms. The molecule has 4 nitrogen and oxygen atoms in total. The Balaban J connectivity index is 2.60. The highest BCUT2D eigenvalue weighted by atomic mass is 32.1. The average Bonchev–Trinajstić information content (AvgIpc) is 2.63. The van der Waals surface area contributed by atoms with E-state index in [1.54, 1.807) is 11.3 Å². The molecule has 0 bridgehead atoms. The van der Waals surface area contributed by atoms with Gasteiger partial charge >= 0.3 is 5.97 Å². The number of carboxylic acid groups (broad SMARTS) is 1. The van der Waals surface area contributed by atoms with E-state index in [2.05, 4.69) is 19.2 Å². The van der Waals surface area contributed by atoms with Crippen molar-refractivity contribution >= 4 is 23.2 Å². The first-order valence-electron chi connectivity index (χ1n) is 6.86. The van der Waals surface area contributed by atoms with Gasteiger partial charge in [-0.05, 0) is 38.2 Å². The van der Waals surface area contributed by atoms with Gasteiger partial charge in [-0.3, -0.25) is 9.59 Å². The Bertz CT molecular complexity index is 479. The first kappa shape index (κ1) is 16.7. The highest BCUT2D eigenvalue weighted by molar-refractivity contribution is 7.12. The number of carboxylic acids is 1. The van der Waals surface area contributed by atoms with Crippen molar-refractivity contribution in [1.82, 2.24) is 5.32 Å². The van der Waals surface area contributed by atoms with Crippen molar-refractivity contribution in [3.05, 3.63) is 21.4 Å². The third-order valence-electron chi connectivity index (χ3n) is 3.10. The van der Waals surface area contributed by atoms with Crippen LogP contribution in [0.2, 0.25) is 0 Å². The lowest BCUT2D eigenvalue weighted by Crippen LogP contribution is -2.31. The maximum atomic E-state index is 12.1. The number of thiophene rings is 1. The molecule has 0 aliphatic rings. The molecule has 1 rings (SSSR count). The highest BCUT2D eigenvalue weighted by Crippen LogP contribution is 2.21. The molecule has 112 valence electrons. The van der Waals surface area contributed by atoms with Gasteiger partial charge in [0.15, 0.2) is 0 Å². The summed E-state index contributed by atoms with van der Waals surface area (Å²) in [5, 5.41) is 11.8. The fourth-order valence-corrected chi connectivity index (χ4v) is 3.26.